The lowest BCUT2D eigenvalue weighted by molar-refractivity contribution is 0.101. The van der Waals surface area contributed by atoms with E-state index in [1.165, 1.54) is 4.68 Å². The van der Waals surface area contributed by atoms with Gasteiger partial charge >= 0.3 is 0 Å². The number of ether oxygens (including phenoxy) is 1. The monoisotopic (exact) mass is 322 g/mol. The van der Waals surface area contributed by atoms with Crippen molar-refractivity contribution in [3.63, 3.8) is 0 Å². The normalized spacial score (nSPS) is 10.4. The highest BCUT2D eigenvalue weighted by Crippen LogP contribution is 2.22. The van der Waals surface area contributed by atoms with Crippen LogP contribution in [0.3, 0.4) is 0 Å². The van der Waals surface area contributed by atoms with E-state index in [-0.39, 0.29) is 11.6 Å². The fraction of sp³-hybridized carbons (Fsp3) is 0.167. The Morgan fingerprint density at radius 1 is 1.08 bits per heavy atom. The van der Waals surface area contributed by atoms with Crippen LogP contribution in [0.25, 0.3) is 5.69 Å². The van der Waals surface area contributed by atoms with E-state index in [9.17, 15) is 4.79 Å². The van der Waals surface area contributed by atoms with E-state index >= 15 is 0 Å². The van der Waals surface area contributed by atoms with Gasteiger partial charge in [-0.15, -0.1) is 5.10 Å². The van der Waals surface area contributed by atoms with Crippen molar-refractivity contribution in [2.75, 3.05) is 11.9 Å². The minimum Gasteiger partial charge on any atom is -0.476 e. The maximum atomic E-state index is 12.5. The fourth-order valence-electron chi connectivity index (χ4n) is 2.19. The highest BCUT2D eigenvalue weighted by molar-refractivity contribution is 6.04. The van der Waals surface area contributed by atoms with Crippen LogP contribution in [-0.4, -0.2) is 27.5 Å². The lowest BCUT2D eigenvalue weighted by atomic mass is 10.3. The van der Waals surface area contributed by atoms with Crippen LogP contribution < -0.4 is 10.1 Å². The van der Waals surface area contributed by atoms with Crippen molar-refractivity contribution in [2.24, 2.45) is 0 Å². The number of nitrogens with one attached hydrogen (secondary N) is 1. The Morgan fingerprint density at radius 3 is 2.42 bits per heavy atom. The molecule has 6 nitrogen and oxygen atoms in total. The van der Waals surface area contributed by atoms with Crippen molar-refractivity contribution >= 4 is 11.6 Å². The second-order valence-corrected chi connectivity index (χ2v) is 5.16. The van der Waals surface area contributed by atoms with E-state index in [4.69, 9.17) is 4.74 Å². The molecule has 6 heteroatoms. The zero-order chi connectivity index (χ0) is 16.8. The number of carbonyl (C=O) groups is 1. The van der Waals surface area contributed by atoms with E-state index in [1.54, 1.807) is 0 Å². The second-order valence-electron chi connectivity index (χ2n) is 5.16. The van der Waals surface area contributed by atoms with Crippen molar-refractivity contribution in [1.82, 2.24) is 15.0 Å². The average Bonchev–Trinajstić information content (AvgIpc) is 3.05. The van der Waals surface area contributed by atoms with Crippen LogP contribution in [0.2, 0.25) is 0 Å². The third-order valence-corrected chi connectivity index (χ3v) is 3.32. The number of aromatic nitrogens is 3. The number of nitrogens with zero attached hydrogens (tertiary/aromatic N) is 3. The van der Waals surface area contributed by atoms with Gasteiger partial charge in [-0.3, -0.25) is 4.79 Å². The topological polar surface area (TPSA) is 69.0 Å². The summed E-state index contributed by atoms with van der Waals surface area (Å²) in [6.45, 7) is 2.48. The number of amides is 1. The van der Waals surface area contributed by atoms with Crippen molar-refractivity contribution < 1.29 is 9.53 Å². The maximum absolute atomic E-state index is 12.5. The van der Waals surface area contributed by atoms with E-state index < -0.39 is 0 Å². The lowest BCUT2D eigenvalue weighted by Gasteiger charge is -2.09. The zero-order valence-corrected chi connectivity index (χ0v) is 13.3. The first-order chi connectivity index (χ1) is 11.8. The number of rotatable bonds is 6. The molecule has 1 N–H and O–H groups in total. The minimum atomic E-state index is -0.352. The van der Waals surface area contributed by atoms with E-state index in [0.29, 0.717) is 18.2 Å². The van der Waals surface area contributed by atoms with Gasteiger partial charge in [-0.25, -0.2) is 0 Å². The van der Waals surface area contributed by atoms with Crippen molar-refractivity contribution in [2.45, 2.75) is 13.3 Å². The van der Waals surface area contributed by atoms with Gasteiger partial charge in [0, 0.05) is 5.69 Å². The van der Waals surface area contributed by atoms with Gasteiger partial charge in [-0.2, -0.15) is 4.68 Å². The van der Waals surface area contributed by atoms with Crippen LogP contribution in [0.15, 0.2) is 60.7 Å². The molecule has 1 heterocycles. The molecule has 2 aromatic carbocycles. The molecule has 3 aromatic rings. The van der Waals surface area contributed by atoms with Gasteiger partial charge in [0.25, 0.3) is 11.8 Å². The molecule has 1 amide bonds. The molecule has 122 valence electrons. The van der Waals surface area contributed by atoms with Crippen LogP contribution in [0.4, 0.5) is 5.69 Å². The molecule has 0 unspecified atom stereocenters. The Bertz CT molecular complexity index is 800. The summed E-state index contributed by atoms with van der Waals surface area (Å²) in [5.41, 5.74) is 1.64. The van der Waals surface area contributed by atoms with Gasteiger partial charge in [0.05, 0.1) is 12.3 Å². The number of hydrogen-bond acceptors (Lipinski definition) is 4. The number of para-hydroxylation sites is 2. The maximum Gasteiger partial charge on any atom is 0.281 e. The standard InChI is InChI=1S/C18H18N4O2/c1-2-13-24-18-16(17(23)19-14-9-5-3-6-10-14)20-21-22(18)15-11-7-4-8-12-15/h3-12H,2,13H2,1H3,(H,19,23). The van der Waals surface area contributed by atoms with Gasteiger partial charge < -0.3 is 10.1 Å². The SMILES string of the molecule is CCCOc1c(C(=O)Nc2ccccc2)nnn1-c1ccccc1. The summed E-state index contributed by atoms with van der Waals surface area (Å²) in [4.78, 5) is 12.5. The first-order valence-electron chi connectivity index (χ1n) is 7.80. The largest absolute Gasteiger partial charge is 0.476 e. The van der Waals surface area contributed by atoms with Crippen LogP contribution in [0, 0.1) is 0 Å². The Morgan fingerprint density at radius 2 is 1.75 bits per heavy atom. The van der Waals surface area contributed by atoms with Crippen LogP contribution in [0.5, 0.6) is 5.88 Å². The first kappa shape index (κ1) is 15.7. The molecule has 0 atom stereocenters. The summed E-state index contributed by atoms with van der Waals surface area (Å²) in [5.74, 6) is -0.00837. The molecule has 0 aliphatic heterocycles. The average molecular weight is 322 g/mol. The third kappa shape index (κ3) is 3.43. The molecular weight excluding hydrogens is 304 g/mol. The van der Waals surface area contributed by atoms with E-state index in [1.807, 2.05) is 67.6 Å². The van der Waals surface area contributed by atoms with Gasteiger partial charge in [-0.05, 0) is 30.7 Å². The van der Waals surface area contributed by atoms with Gasteiger partial charge in [0.2, 0.25) is 5.69 Å². The molecule has 0 radical (unpaired) electrons. The van der Waals surface area contributed by atoms with E-state index in [2.05, 4.69) is 15.6 Å². The van der Waals surface area contributed by atoms with Gasteiger partial charge in [-0.1, -0.05) is 48.5 Å². The highest BCUT2D eigenvalue weighted by Gasteiger charge is 2.22. The van der Waals surface area contributed by atoms with E-state index in [0.717, 1.165) is 12.1 Å². The Labute approximate surface area is 140 Å². The quantitative estimate of drug-likeness (QED) is 0.756. The third-order valence-electron chi connectivity index (χ3n) is 3.32. The zero-order valence-electron chi connectivity index (χ0n) is 13.3. The molecule has 0 aliphatic rings. The number of anilines is 1. The molecule has 0 fully saturated rings. The number of hydrogen-bond donors (Lipinski definition) is 1. The lowest BCUT2D eigenvalue weighted by Crippen LogP contribution is -2.15. The summed E-state index contributed by atoms with van der Waals surface area (Å²) in [6.07, 6.45) is 0.819. The predicted octanol–water partition coefficient (Wildman–Crippen LogP) is 3.31. The summed E-state index contributed by atoms with van der Waals surface area (Å²) in [5, 5.41) is 10.9. The molecule has 0 saturated carbocycles. The molecule has 1 aromatic heterocycles. The summed E-state index contributed by atoms with van der Waals surface area (Å²) >= 11 is 0. The predicted molar refractivity (Wildman–Crippen MR) is 91.5 cm³/mol. The van der Waals surface area contributed by atoms with Gasteiger partial charge in [0.1, 0.15) is 0 Å². The first-order valence-corrected chi connectivity index (χ1v) is 7.80. The van der Waals surface area contributed by atoms with Crippen LogP contribution in [0.1, 0.15) is 23.8 Å². The molecule has 3 rings (SSSR count). The minimum absolute atomic E-state index is 0.163. The number of carbonyl (C=O) groups excluding carboxylic acids is 1. The Kier molecular flexibility index (Phi) is 4.86. The smallest absolute Gasteiger partial charge is 0.281 e. The molecule has 0 saturated heterocycles. The fourth-order valence-corrected chi connectivity index (χ4v) is 2.19. The van der Waals surface area contributed by atoms with Crippen molar-refractivity contribution in [3.05, 3.63) is 66.4 Å². The molecule has 0 spiro atoms. The molecule has 24 heavy (non-hydrogen) atoms. The van der Waals surface area contributed by atoms with Crippen LogP contribution in [-0.2, 0) is 0 Å². The van der Waals surface area contributed by atoms with Gasteiger partial charge in [0.15, 0.2) is 0 Å². The summed E-state index contributed by atoms with van der Waals surface area (Å²) < 4.78 is 7.29. The molecule has 0 bridgehead atoms. The van der Waals surface area contributed by atoms with Crippen molar-refractivity contribution in [3.8, 4) is 11.6 Å². The Balaban J connectivity index is 1.92. The molecular formula is C18H18N4O2. The van der Waals surface area contributed by atoms with Crippen LogP contribution >= 0.6 is 0 Å². The highest BCUT2D eigenvalue weighted by atomic mass is 16.5. The summed E-state index contributed by atoms with van der Waals surface area (Å²) in [6, 6.07) is 18.7. The summed E-state index contributed by atoms with van der Waals surface area (Å²) in [7, 11) is 0. The Hall–Kier alpha value is -3.15. The number of benzene rings is 2. The molecule has 0 aliphatic carbocycles. The van der Waals surface area contributed by atoms with Crippen molar-refractivity contribution in [1.29, 1.82) is 0 Å². The second kappa shape index (κ2) is 7.41.